The summed E-state index contributed by atoms with van der Waals surface area (Å²) in [5.41, 5.74) is 1.74. The van der Waals surface area contributed by atoms with Crippen LogP contribution in [-0.4, -0.2) is 20.1 Å². The van der Waals surface area contributed by atoms with Crippen molar-refractivity contribution in [1.82, 2.24) is 5.32 Å². The number of anilines is 1. The Morgan fingerprint density at radius 1 is 1.13 bits per heavy atom. The van der Waals surface area contributed by atoms with Crippen LogP contribution < -0.4 is 10.6 Å². The maximum Gasteiger partial charge on any atom is 0.0340 e. The van der Waals surface area contributed by atoms with Crippen LogP contribution in [0.3, 0.4) is 0 Å². The molecule has 15 heavy (non-hydrogen) atoms. The van der Waals surface area contributed by atoms with Crippen LogP contribution in [0.5, 0.6) is 0 Å². The van der Waals surface area contributed by atoms with Crippen LogP contribution in [0.4, 0.5) is 5.69 Å². The van der Waals surface area contributed by atoms with Crippen LogP contribution in [0.15, 0.2) is 30.3 Å². The molecule has 2 rings (SSSR count). The number of para-hydroxylation sites is 1. The topological polar surface area (TPSA) is 24.1 Å². The van der Waals surface area contributed by atoms with Gasteiger partial charge in [0.25, 0.3) is 0 Å². The molecule has 1 aromatic rings. The van der Waals surface area contributed by atoms with Gasteiger partial charge in [-0.15, -0.1) is 0 Å². The smallest absolute Gasteiger partial charge is 0.0340 e. The summed E-state index contributed by atoms with van der Waals surface area (Å²) in [4.78, 5) is 0. The Morgan fingerprint density at radius 3 is 2.40 bits per heavy atom. The molecule has 1 aliphatic carbocycles. The quantitative estimate of drug-likeness (QED) is 0.770. The van der Waals surface area contributed by atoms with Crippen molar-refractivity contribution in [3.8, 4) is 0 Å². The summed E-state index contributed by atoms with van der Waals surface area (Å²) in [5.74, 6) is 0. The van der Waals surface area contributed by atoms with Crippen molar-refractivity contribution in [3.63, 3.8) is 0 Å². The molecule has 2 nitrogen and oxygen atoms in total. The highest BCUT2D eigenvalue weighted by Gasteiger charge is 2.35. The van der Waals surface area contributed by atoms with Gasteiger partial charge in [-0.2, -0.15) is 0 Å². The van der Waals surface area contributed by atoms with Gasteiger partial charge in [0.15, 0.2) is 0 Å². The zero-order valence-corrected chi connectivity index (χ0v) is 9.42. The van der Waals surface area contributed by atoms with E-state index in [1.54, 1.807) is 0 Å². The summed E-state index contributed by atoms with van der Waals surface area (Å²) in [6.45, 7) is 2.23. The third-order valence-electron chi connectivity index (χ3n) is 3.41. The molecule has 0 aromatic heterocycles. The Bertz CT molecular complexity index is 291. The average molecular weight is 204 g/mol. The SMILES string of the molecule is CNCC1(CNc2ccccc2)CCC1. The van der Waals surface area contributed by atoms with Gasteiger partial charge < -0.3 is 10.6 Å². The lowest BCUT2D eigenvalue weighted by atomic mass is 9.68. The van der Waals surface area contributed by atoms with Crippen LogP contribution in [0.25, 0.3) is 0 Å². The molecule has 1 aromatic carbocycles. The van der Waals surface area contributed by atoms with Crippen LogP contribution in [0.2, 0.25) is 0 Å². The van der Waals surface area contributed by atoms with Crippen LogP contribution in [0, 0.1) is 5.41 Å². The Balaban J connectivity index is 1.86. The lowest BCUT2D eigenvalue weighted by Crippen LogP contribution is -2.44. The lowest BCUT2D eigenvalue weighted by Gasteiger charge is -2.42. The third-order valence-corrected chi connectivity index (χ3v) is 3.41. The monoisotopic (exact) mass is 204 g/mol. The standard InChI is InChI=1S/C13H20N2/c1-14-10-13(8-5-9-13)11-15-12-6-3-2-4-7-12/h2-4,6-7,14-15H,5,8-11H2,1H3. The van der Waals surface area contributed by atoms with E-state index in [-0.39, 0.29) is 0 Å². The zero-order chi connectivity index (χ0) is 10.6. The highest BCUT2D eigenvalue weighted by atomic mass is 14.9. The van der Waals surface area contributed by atoms with Crippen LogP contribution in [0.1, 0.15) is 19.3 Å². The van der Waals surface area contributed by atoms with Crippen LogP contribution in [-0.2, 0) is 0 Å². The number of rotatable bonds is 5. The molecule has 0 radical (unpaired) electrons. The molecule has 0 unspecified atom stereocenters. The maximum absolute atomic E-state index is 3.53. The Hall–Kier alpha value is -1.02. The summed E-state index contributed by atoms with van der Waals surface area (Å²) in [7, 11) is 2.04. The fourth-order valence-corrected chi connectivity index (χ4v) is 2.31. The first-order valence-corrected chi connectivity index (χ1v) is 5.78. The van der Waals surface area contributed by atoms with Crippen molar-refractivity contribution >= 4 is 5.69 Å². The van der Waals surface area contributed by atoms with Crippen molar-refractivity contribution in [3.05, 3.63) is 30.3 Å². The molecule has 0 aliphatic heterocycles. The van der Waals surface area contributed by atoms with E-state index in [9.17, 15) is 0 Å². The Labute approximate surface area is 92.1 Å². The molecule has 82 valence electrons. The number of benzene rings is 1. The molecule has 0 bridgehead atoms. The van der Waals surface area contributed by atoms with Gasteiger partial charge in [0.2, 0.25) is 0 Å². The van der Waals surface area contributed by atoms with Crippen molar-refractivity contribution in [2.45, 2.75) is 19.3 Å². The molecule has 0 atom stereocenters. The summed E-state index contributed by atoms with van der Waals surface area (Å²) in [6, 6.07) is 10.5. The average Bonchev–Trinajstić information content (AvgIpc) is 2.23. The number of nitrogens with one attached hydrogen (secondary N) is 2. The minimum Gasteiger partial charge on any atom is -0.384 e. The summed E-state index contributed by atoms with van der Waals surface area (Å²) >= 11 is 0. The molecule has 1 aliphatic rings. The highest BCUT2D eigenvalue weighted by Crippen LogP contribution is 2.40. The Morgan fingerprint density at radius 2 is 1.87 bits per heavy atom. The summed E-state index contributed by atoms with van der Waals surface area (Å²) < 4.78 is 0. The fraction of sp³-hybridized carbons (Fsp3) is 0.538. The van der Waals surface area contributed by atoms with E-state index < -0.39 is 0 Å². The second-order valence-corrected chi connectivity index (χ2v) is 4.60. The summed E-state index contributed by atoms with van der Waals surface area (Å²) in [5, 5.41) is 6.84. The Kier molecular flexibility index (Phi) is 3.27. The largest absolute Gasteiger partial charge is 0.384 e. The number of hydrogen-bond donors (Lipinski definition) is 2. The van der Waals surface area contributed by atoms with E-state index >= 15 is 0 Å². The van der Waals surface area contributed by atoms with E-state index in [0.717, 1.165) is 13.1 Å². The lowest BCUT2D eigenvalue weighted by molar-refractivity contribution is 0.151. The second-order valence-electron chi connectivity index (χ2n) is 4.60. The molecule has 1 saturated carbocycles. The maximum atomic E-state index is 3.53. The van der Waals surface area contributed by atoms with Crippen molar-refractivity contribution in [2.75, 3.05) is 25.5 Å². The number of hydrogen-bond acceptors (Lipinski definition) is 2. The van der Waals surface area contributed by atoms with Gasteiger partial charge in [0.1, 0.15) is 0 Å². The minimum atomic E-state index is 0.505. The molecule has 2 N–H and O–H groups in total. The molecular weight excluding hydrogens is 184 g/mol. The predicted molar refractivity (Wildman–Crippen MR) is 65.1 cm³/mol. The first kappa shape index (κ1) is 10.5. The van der Waals surface area contributed by atoms with E-state index in [1.807, 2.05) is 7.05 Å². The zero-order valence-electron chi connectivity index (χ0n) is 9.42. The normalized spacial score (nSPS) is 18.2. The fourth-order valence-electron chi connectivity index (χ4n) is 2.31. The van der Waals surface area contributed by atoms with E-state index in [4.69, 9.17) is 0 Å². The molecule has 1 fully saturated rings. The molecule has 0 saturated heterocycles. The van der Waals surface area contributed by atoms with Crippen molar-refractivity contribution < 1.29 is 0 Å². The first-order chi connectivity index (χ1) is 7.35. The molecular formula is C13H20N2. The van der Waals surface area contributed by atoms with E-state index in [1.165, 1.54) is 24.9 Å². The second kappa shape index (κ2) is 4.67. The van der Waals surface area contributed by atoms with E-state index in [0.29, 0.717) is 5.41 Å². The van der Waals surface area contributed by atoms with Gasteiger partial charge in [-0.05, 0) is 32.0 Å². The molecule has 0 spiro atoms. The molecule has 2 heteroatoms. The van der Waals surface area contributed by atoms with E-state index in [2.05, 4.69) is 41.0 Å². The van der Waals surface area contributed by atoms with Gasteiger partial charge in [-0.25, -0.2) is 0 Å². The molecule has 0 amide bonds. The molecule has 0 heterocycles. The van der Waals surface area contributed by atoms with Crippen molar-refractivity contribution in [2.24, 2.45) is 5.41 Å². The van der Waals surface area contributed by atoms with Crippen molar-refractivity contribution in [1.29, 1.82) is 0 Å². The highest BCUT2D eigenvalue weighted by molar-refractivity contribution is 5.42. The van der Waals surface area contributed by atoms with Gasteiger partial charge in [-0.3, -0.25) is 0 Å². The van der Waals surface area contributed by atoms with Gasteiger partial charge >= 0.3 is 0 Å². The first-order valence-electron chi connectivity index (χ1n) is 5.78. The summed E-state index contributed by atoms with van der Waals surface area (Å²) in [6.07, 6.45) is 4.10. The predicted octanol–water partition coefficient (Wildman–Crippen LogP) is 2.49. The van der Waals surface area contributed by atoms with Gasteiger partial charge in [0, 0.05) is 24.2 Å². The van der Waals surface area contributed by atoms with Gasteiger partial charge in [0.05, 0.1) is 0 Å². The minimum absolute atomic E-state index is 0.505. The third kappa shape index (κ3) is 2.51. The van der Waals surface area contributed by atoms with Gasteiger partial charge in [-0.1, -0.05) is 24.6 Å². The van der Waals surface area contributed by atoms with Crippen LogP contribution >= 0.6 is 0 Å².